The van der Waals surface area contributed by atoms with Gasteiger partial charge in [0, 0.05) is 11.4 Å². The molecule has 8 nitrogen and oxygen atoms in total. The molecule has 0 aliphatic heterocycles. The van der Waals surface area contributed by atoms with Crippen LogP contribution in [0, 0.1) is 0 Å². The van der Waals surface area contributed by atoms with Crippen LogP contribution < -0.4 is 29.6 Å². The first kappa shape index (κ1) is 24.4. The number of anilines is 2. The second kappa shape index (κ2) is 11.6. The van der Waals surface area contributed by atoms with Crippen LogP contribution in [0.5, 0.6) is 23.0 Å². The first-order chi connectivity index (χ1) is 16.4. The summed E-state index contributed by atoms with van der Waals surface area (Å²) in [5, 5.41) is 5.59. The van der Waals surface area contributed by atoms with Crippen molar-refractivity contribution < 1.29 is 28.5 Å². The number of ether oxygens (including phenoxy) is 4. The lowest BCUT2D eigenvalue weighted by Gasteiger charge is -2.16. The Bertz CT molecular complexity index is 993. The van der Waals surface area contributed by atoms with E-state index in [1.165, 1.54) is 0 Å². The van der Waals surface area contributed by atoms with E-state index in [-0.39, 0.29) is 11.8 Å². The zero-order valence-electron chi connectivity index (χ0n) is 19.5. The summed E-state index contributed by atoms with van der Waals surface area (Å²) in [6, 6.07) is 20.8. The molecule has 0 aromatic heterocycles. The molecule has 2 atom stereocenters. The van der Waals surface area contributed by atoms with Gasteiger partial charge < -0.3 is 29.6 Å². The van der Waals surface area contributed by atoms with Crippen molar-refractivity contribution in [2.24, 2.45) is 0 Å². The number of carbonyl (C=O) groups excluding carboxylic acids is 2. The highest BCUT2D eigenvalue weighted by Crippen LogP contribution is 2.20. The minimum atomic E-state index is -0.705. The highest BCUT2D eigenvalue weighted by molar-refractivity contribution is 5.96. The van der Waals surface area contributed by atoms with Crippen molar-refractivity contribution in [2.75, 3.05) is 24.9 Å². The minimum absolute atomic E-state index is 0.297. The number of methoxy groups -OCH3 is 2. The van der Waals surface area contributed by atoms with Gasteiger partial charge in [0.15, 0.2) is 12.2 Å². The molecule has 2 amide bonds. The molecule has 0 fully saturated rings. The molecular formula is C26H28N2O6. The number of amides is 2. The molecule has 0 heterocycles. The molecule has 3 aromatic rings. The number of hydrogen-bond acceptors (Lipinski definition) is 6. The van der Waals surface area contributed by atoms with Gasteiger partial charge in [0.25, 0.3) is 11.8 Å². The Hall–Kier alpha value is -4.20. The lowest BCUT2D eigenvalue weighted by molar-refractivity contribution is -0.122. The van der Waals surface area contributed by atoms with Crippen LogP contribution in [0.25, 0.3) is 0 Å². The van der Waals surface area contributed by atoms with Gasteiger partial charge in [0.1, 0.15) is 23.0 Å². The topological polar surface area (TPSA) is 95.1 Å². The summed E-state index contributed by atoms with van der Waals surface area (Å²) in [6.45, 7) is 3.33. The molecule has 0 saturated carbocycles. The van der Waals surface area contributed by atoms with Crippen LogP contribution in [-0.4, -0.2) is 38.2 Å². The van der Waals surface area contributed by atoms with Crippen LogP contribution in [0.4, 0.5) is 11.4 Å². The Morgan fingerprint density at radius 2 is 0.853 bits per heavy atom. The fourth-order valence-electron chi connectivity index (χ4n) is 2.95. The molecule has 0 aliphatic rings. The van der Waals surface area contributed by atoms with E-state index in [0.29, 0.717) is 34.4 Å². The summed E-state index contributed by atoms with van der Waals surface area (Å²) in [5.41, 5.74) is 1.16. The standard InChI is InChI=1S/C26H28N2O6/c1-17(33-23-13-9-21(31-3)10-14-23)25(29)27-19-5-7-20(8-6-19)28-26(30)18(2)34-24-15-11-22(32-4)12-16-24/h5-18H,1-4H3,(H,27,29)(H,28,30)/t17-,18-/m0/s1. The van der Waals surface area contributed by atoms with Gasteiger partial charge in [-0.2, -0.15) is 0 Å². The molecule has 8 heteroatoms. The van der Waals surface area contributed by atoms with Crippen molar-refractivity contribution in [2.45, 2.75) is 26.1 Å². The van der Waals surface area contributed by atoms with E-state index in [9.17, 15) is 9.59 Å². The van der Waals surface area contributed by atoms with Crippen molar-refractivity contribution in [1.82, 2.24) is 0 Å². The zero-order valence-corrected chi connectivity index (χ0v) is 19.5. The van der Waals surface area contributed by atoms with Gasteiger partial charge >= 0.3 is 0 Å². The molecule has 178 valence electrons. The van der Waals surface area contributed by atoms with Crippen LogP contribution in [0.15, 0.2) is 72.8 Å². The maximum atomic E-state index is 12.5. The summed E-state index contributed by atoms with van der Waals surface area (Å²) >= 11 is 0. The first-order valence-electron chi connectivity index (χ1n) is 10.7. The quantitative estimate of drug-likeness (QED) is 0.458. The molecule has 0 radical (unpaired) electrons. The first-order valence-corrected chi connectivity index (χ1v) is 10.7. The van der Waals surface area contributed by atoms with Crippen LogP contribution in [0.3, 0.4) is 0 Å². The predicted molar refractivity (Wildman–Crippen MR) is 130 cm³/mol. The van der Waals surface area contributed by atoms with Gasteiger partial charge in [-0.15, -0.1) is 0 Å². The average molecular weight is 465 g/mol. The molecule has 2 N–H and O–H groups in total. The highest BCUT2D eigenvalue weighted by atomic mass is 16.5. The van der Waals surface area contributed by atoms with Crippen LogP contribution in [0.1, 0.15) is 13.8 Å². The van der Waals surface area contributed by atoms with Crippen molar-refractivity contribution in [3.8, 4) is 23.0 Å². The predicted octanol–water partition coefficient (Wildman–Crippen LogP) is 4.52. The third kappa shape index (κ3) is 6.90. The maximum Gasteiger partial charge on any atom is 0.265 e. The summed E-state index contributed by atoms with van der Waals surface area (Å²) in [5.74, 6) is 1.94. The van der Waals surface area contributed by atoms with Crippen molar-refractivity contribution in [3.63, 3.8) is 0 Å². The fraction of sp³-hybridized carbons (Fsp3) is 0.231. The van der Waals surface area contributed by atoms with E-state index in [1.54, 1.807) is 101 Å². The van der Waals surface area contributed by atoms with Crippen LogP contribution in [-0.2, 0) is 9.59 Å². The maximum absolute atomic E-state index is 12.5. The Morgan fingerprint density at radius 1 is 0.559 bits per heavy atom. The smallest absolute Gasteiger partial charge is 0.265 e. The number of rotatable bonds is 10. The fourth-order valence-corrected chi connectivity index (χ4v) is 2.95. The lowest BCUT2D eigenvalue weighted by atomic mass is 10.2. The van der Waals surface area contributed by atoms with Gasteiger partial charge in [-0.25, -0.2) is 0 Å². The SMILES string of the molecule is COc1ccc(O[C@@H](C)C(=O)Nc2ccc(NC(=O)[C@H](C)Oc3ccc(OC)cc3)cc2)cc1. The van der Waals surface area contributed by atoms with E-state index in [2.05, 4.69) is 10.6 Å². The summed E-state index contributed by atoms with van der Waals surface area (Å²) < 4.78 is 21.6. The molecular weight excluding hydrogens is 436 g/mol. The molecule has 3 aromatic carbocycles. The summed E-state index contributed by atoms with van der Waals surface area (Å²) in [4.78, 5) is 24.9. The third-order valence-electron chi connectivity index (χ3n) is 4.90. The van der Waals surface area contributed by atoms with Crippen molar-refractivity contribution in [3.05, 3.63) is 72.8 Å². The zero-order chi connectivity index (χ0) is 24.5. The monoisotopic (exact) mass is 464 g/mol. The molecule has 3 rings (SSSR count). The number of nitrogens with one attached hydrogen (secondary N) is 2. The summed E-state index contributed by atoms with van der Waals surface area (Å²) in [7, 11) is 3.17. The average Bonchev–Trinajstić information content (AvgIpc) is 2.86. The Balaban J connectivity index is 1.49. The van der Waals surface area contributed by atoms with Crippen LogP contribution >= 0.6 is 0 Å². The minimum Gasteiger partial charge on any atom is -0.497 e. The van der Waals surface area contributed by atoms with Gasteiger partial charge in [-0.1, -0.05) is 0 Å². The number of carbonyl (C=O) groups is 2. The molecule has 0 unspecified atom stereocenters. The largest absolute Gasteiger partial charge is 0.497 e. The second-order valence-corrected chi connectivity index (χ2v) is 7.43. The van der Waals surface area contributed by atoms with Gasteiger partial charge in [0.2, 0.25) is 0 Å². The van der Waals surface area contributed by atoms with E-state index < -0.39 is 12.2 Å². The Morgan fingerprint density at radius 3 is 1.15 bits per heavy atom. The molecule has 0 aliphatic carbocycles. The van der Waals surface area contributed by atoms with E-state index in [0.717, 1.165) is 0 Å². The number of benzene rings is 3. The molecule has 0 spiro atoms. The van der Waals surface area contributed by atoms with Crippen molar-refractivity contribution >= 4 is 23.2 Å². The van der Waals surface area contributed by atoms with Crippen LogP contribution in [0.2, 0.25) is 0 Å². The van der Waals surface area contributed by atoms with E-state index in [4.69, 9.17) is 18.9 Å². The third-order valence-corrected chi connectivity index (χ3v) is 4.90. The van der Waals surface area contributed by atoms with E-state index in [1.807, 2.05) is 0 Å². The highest BCUT2D eigenvalue weighted by Gasteiger charge is 2.17. The Kier molecular flexibility index (Phi) is 8.34. The lowest BCUT2D eigenvalue weighted by Crippen LogP contribution is -2.30. The molecule has 0 saturated heterocycles. The van der Waals surface area contributed by atoms with Gasteiger partial charge in [0.05, 0.1) is 14.2 Å². The van der Waals surface area contributed by atoms with Gasteiger partial charge in [-0.05, 0) is 86.6 Å². The molecule has 34 heavy (non-hydrogen) atoms. The molecule has 0 bridgehead atoms. The Labute approximate surface area is 198 Å². The normalized spacial score (nSPS) is 12.1. The van der Waals surface area contributed by atoms with Gasteiger partial charge in [-0.3, -0.25) is 9.59 Å². The second-order valence-electron chi connectivity index (χ2n) is 7.43. The summed E-state index contributed by atoms with van der Waals surface area (Å²) in [6.07, 6.45) is -1.41. The van der Waals surface area contributed by atoms with Crippen molar-refractivity contribution in [1.29, 1.82) is 0 Å². The van der Waals surface area contributed by atoms with E-state index >= 15 is 0 Å². The number of hydrogen-bond donors (Lipinski definition) is 2.